The fourth-order valence-electron chi connectivity index (χ4n) is 1.63. The quantitative estimate of drug-likeness (QED) is 0.802. The number of nitrogens with zero attached hydrogens (tertiary/aromatic N) is 3. The van der Waals surface area contributed by atoms with Crippen LogP contribution in [0.5, 0.6) is 0 Å². The van der Waals surface area contributed by atoms with Gasteiger partial charge < -0.3 is 9.88 Å². The molecule has 0 amide bonds. The van der Waals surface area contributed by atoms with Gasteiger partial charge in [0.2, 0.25) is 0 Å². The van der Waals surface area contributed by atoms with Gasteiger partial charge in [-0.25, -0.2) is 9.97 Å². The second-order valence-electron chi connectivity index (χ2n) is 3.11. The van der Waals surface area contributed by atoms with Crippen LogP contribution in [0.15, 0.2) is 18.6 Å². The van der Waals surface area contributed by atoms with Crippen molar-refractivity contribution in [1.29, 1.82) is 0 Å². The van der Waals surface area contributed by atoms with Gasteiger partial charge in [-0.2, -0.15) is 0 Å². The summed E-state index contributed by atoms with van der Waals surface area (Å²) in [5, 5.41) is 1.09. The monoisotopic (exact) mass is 190 g/mol. The Morgan fingerprint density at radius 2 is 2.07 bits per heavy atom. The number of aromatic amines is 1. The highest BCUT2D eigenvalue weighted by Crippen LogP contribution is 2.21. The van der Waals surface area contributed by atoms with Gasteiger partial charge in [0, 0.05) is 19.3 Å². The molecule has 0 aromatic carbocycles. The number of H-pyrrole nitrogens is 1. The molecule has 0 radical (unpaired) electrons. The molecule has 0 bridgehead atoms. The van der Waals surface area contributed by atoms with E-state index in [-0.39, 0.29) is 0 Å². The normalized spacial score (nSPS) is 10.7. The highest BCUT2D eigenvalue weighted by Gasteiger charge is 2.08. The highest BCUT2D eigenvalue weighted by molar-refractivity contribution is 5.87. The number of anilines is 1. The third-order valence-electron chi connectivity index (χ3n) is 2.40. The van der Waals surface area contributed by atoms with E-state index in [9.17, 15) is 0 Å². The first-order chi connectivity index (χ1) is 6.86. The Morgan fingerprint density at radius 1 is 1.29 bits per heavy atom. The van der Waals surface area contributed by atoms with Crippen LogP contribution in [0.25, 0.3) is 11.0 Å². The maximum Gasteiger partial charge on any atom is 0.142 e. The minimum atomic E-state index is 0.905. The fourth-order valence-corrected chi connectivity index (χ4v) is 1.63. The molecular formula is C10H14N4. The summed E-state index contributed by atoms with van der Waals surface area (Å²) >= 11 is 0. The third kappa shape index (κ3) is 1.32. The van der Waals surface area contributed by atoms with E-state index in [0.717, 1.165) is 29.9 Å². The van der Waals surface area contributed by atoms with Crippen molar-refractivity contribution >= 4 is 16.9 Å². The first kappa shape index (κ1) is 8.99. The number of hydrogen-bond acceptors (Lipinski definition) is 3. The topological polar surface area (TPSA) is 44.8 Å². The van der Waals surface area contributed by atoms with Crippen molar-refractivity contribution in [1.82, 2.24) is 15.0 Å². The van der Waals surface area contributed by atoms with Crippen LogP contribution in [0.2, 0.25) is 0 Å². The van der Waals surface area contributed by atoms with Crippen LogP contribution >= 0.6 is 0 Å². The van der Waals surface area contributed by atoms with E-state index in [1.54, 1.807) is 6.33 Å². The van der Waals surface area contributed by atoms with Gasteiger partial charge in [-0.1, -0.05) is 0 Å². The van der Waals surface area contributed by atoms with Crippen LogP contribution < -0.4 is 4.90 Å². The molecule has 4 nitrogen and oxygen atoms in total. The molecule has 0 aliphatic carbocycles. The molecule has 14 heavy (non-hydrogen) atoms. The van der Waals surface area contributed by atoms with Gasteiger partial charge >= 0.3 is 0 Å². The maximum absolute atomic E-state index is 4.32. The number of rotatable bonds is 3. The summed E-state index contributed by atoms with van der Waals surface area (Å²) < 4.78 is 0. The lowest BCUT2D eigenvalue weighted by atomic mass is 10.3. The lowest BCUT2D eigenvalue weighted by molar-refractivity contribution is 0.848. The Labute approximate surface area is 83.0 Å². The highest BCUT2D eigenvalue weighted by atomic mass is 15.2. The van der Waals surface area contributed by atoms with Gasteiger partial charge in [0.25, 0.3) is 0 Å². The van der Waals surface area contributed by atoms with Crippen molar-refractivity contribution in [2.24, 2.45) is 0 Å². The summed E-state index contributed by atoms with van der Waals surface area (Å²) in [5.74, 6) is 1.02. The molecule has 2 rings (SSSR count). The number of fused-ring (bicyclic) bond motifs is 1. The van der Waals surface area contributed by atoms with Gasteiger partial charge in [0.1, 0.15) is 17.8 Å². The van der Waals surface area contributed by atoms with E-state index in [1.807, 2.05) is 12.3 Å². The zero-order chi connectivity index (χ0) is 9.97. The minimum absolute atomic E-state index is 0.905. The number of aromatic nitrogens is 3. The predicted octanol–water partition coefficient (Wildman–Crippen LogP) is 1.80. The average Bonchev–Trinajstić information content (AvgIpc) is 2.68. The zero-order valence-corrected chi connectivity index (χ0v) is 8.49. The first-order valence-corrected chi connectivity index (χ1v) is 4.89. The molecule has 0 aliphatic rings. The van der Waals surface area contributed by atoms with Crippen molar-refractivity contribution in [3.8, 4) is 0 Å². The van der Waals surface area contributed by atoms with Crippen LogP contribution in [0.1, 0.15) is 13.8 Å². The van der Waals surface area contributed by atoms with Gasteiger partial charge in [-0.05, 0) is 19.9 Å². The Hall–Kier alpha value is -1.58. The first-order valence-electron chi connectivity index (χ1n) is 4.89. The zero-order valence-electron chi connectivity index (χ0n) is 8.49. The van der Waals surface area contributed by atoms with Crippen molar-refractivity contribution in [2.45, 2.75) is 13.8 Å². The van der Waals surface area contributed by atoms with E-state index in [2.05, 4.69) is 33.7 Å². The van der Waals surface area contributed by atoms with Crippen molar-refractivity contribution in [3.63, 3.8) is 0 Å². The lowest BCUT2D eigenvalue weighted by Crippen LogP contribution is -2.23. The van der Waals surface area contributed by atoms with Crippen LogP contribution in [0, 0.1) is 0 Å². The third-order valence-corrected chi connectivity index (χ3v) is 2.40. The van der Waals surface area contributed by atoms with Crippen LogP contribution in [-0.2, 0) is 0 Å². The standard InChI is InChI=1S/C10H14N4/c1-3-14(4-2)10-8-5-6-11-9(8)12-7-13-10/h5-7H,3-4H2,1-2H3,(H,11,12,13). The Balaban J connectivity index is 2.54. The Morgan fingerprint density at radius 3 is 2.79 bits per heavy atom. The van der Waals surface area contributed by atoms with Crippen LogP contribution in [0.3, 0.4) is 0 Å². The molecule has 0 fully saturated rings. The molecule has 1 N–H and O–H groups in total. The van der Waals surface area contributed by atoms with Gasteiger partial charge in [-0.3, -0.25) is 0 Å². The molecule has 2 aromatic heterocycles. The average molecular weight is 190 g/mol. The van der Waals surface area contributed by atoms with Crippen LogP contribution in [0.4, 0.5) is 5.82 Å². The summed E-state index contributed by atoms with van der Waals surface area (Å²) in [4.78, 5) is 13.8. The van der Waals surface area contributed by atoms with Crippen molar-refractivity contribution in [2.75, 3.05) is 18.0 Å². The largest absolute Gasteiger partial charge is 0.357 e. The molecule has 2 heterocycles. The van der Waals surface area contributed by atoms with E-state index in [4.69, 9.17) is 0 Å². The predicted molar refractivity (Wildman–Crippen MR) is 57.4 cm³/mol. The second kappa shape index (κ2) is 3.65. The molecule has 74 valence electrons. The fraction of sp³-hybridized carbons (Fsp3) is 0.400. The molecule has 4 heteroatoms. The van der Waals surface area contributed by atoms with Gasteiger partial charge in [-0.15, -0.1) is 0 Å². The Kier molecular flexibility index (Phi) is 2.35. The van der Waals surface area contributed by atoms with Crippen molar-refractivity contribution in [3.05, 3.63) is 18.6 Å². The summed E-state index contributed by atoms with van der Waals surface area (Å²) in [5.41, 5.74) is 0.905. The number of nitrogens with one attached hydrogen (secondary N) is 1. The molecule has 0 spiro atoms. The molecule has 2 aromatic rings. The summed E-state index contributed by atoms with van der Waals surface area (Å²) in [6.45, 7) is 6.19. The summed E-state index contributed by atoms with van der Waals surface area (Å²) in [6.07, 6.45) is 3.50. The summed E-state index contributed by atoms with van der Waals surface area (Å²) in [6, 6.07) is 2.02. The molecule has 0 atom stereocenters. The molecule has 0 unspecified atom stereocenters. The van der Waals surface area contributed by atoms with Gasteiger partial charge in [0.15, 0.2) is 0 Å². The lowest BCUT2D eigenvalue weighted by Gasteiger charge is -2.19. The summed E-state index contributed by atoms with van der Waals surface area (Å²) in [7, 11) is 0. The van der Waals surface area contributed by atoms with E-state index in [1.165, 1.54) is 0 Å². The van der Waals surface area contributed by atoms with Gasteiger partial charge in [0.05, 0.1) is 5.39 Å². The van der Waals surface area contributed by atoms with E-state index < -0.39 is 0 Å². The SMILES string of the molecule is CCN(CC)c1ncnc2[nH]ccc12. The minimum Gasteiger partial charge on any atom is -0.357 e. The second-order valence-corrected chi connectivity index (χ2v) is 3.11. The molecule has 0 saturated carbocycles. The van der Waals surface area contributed by atoms with Crippen molar-refractivity contribution < 1.29 is 0 Å². The molecular weight excluding hydrogens is 176 g/mol. The number of hydrogen-bond donors (Lipinski definition) is 1. The molecule has 0 saturated heterocycles. The smallest absolute Gasteiger partial charge is 0.142 e. The maximum atomic E-state index is 4.32. The molecule has 0 aliphatic heterocycles. The van der Waals surface area contributed by atoms with Crippen LogP contribution in [-0.4, -0.2) is 28.0 Å². The van der Waals surface area contributed by atoms with E-state index >= 15 is 0 Å². The van der Waals surface area contributed by atoms with E-state index in [0.29, 0.717) is 0 Å². The Bertz CT molecular complexity index is 417.